The molecule has 0 fully saturated rings. The number of hydrogen-bond donors (Lipinski definition) is 3. The van der Waals surface area contributed by atoms with E-state index in [1.165, 1.54) is 0 Å². The molecule has 0 spiro atoms. The van der Waals surface area contributed by atoms with E-state index in [4.69, 9.17) is 9.84 Å². The molecule has 0 saturated heterocycles. The van der Waals surface area contributed by atoms with E-state index in [9.17, 15) is 14.4 Å². The van der Waals surface area contributed by atoms with E-state index < -0.39 is 23.7 Å². The van der Waals surface area contributed by atoms with Crippen LogP contribution in [0.4, 0.5) is 4.79 Å². The van der Waals surface area contributed by atoms with Gasteiger partial charge in [-0.05, 0) is 40.0 Å². The average Bonchev–Trinajstić information content (AvgIpc) is 2.34. The number of alkyl carbamates (subject to hydrolysis) is 1. The number of ether oxygens (including phenoxy) is 1. The second kappa shape index (κ2) is 9.59. The molecule has 3 N–H and O–H groups in total. The van der Waals surface area contributed by atoms with E-state index in [2.05, 4.69) is 26.6 Å². The van der Waals surface area contributed by atoms with Gasteiger partial charge < -0.3 is 20.5 Å². The number of carboxylic acids is 1. The van der Waals surface area contributed by atoms with Crippen molar-refractivity contribution in [3.05, 3.63) is 0 Å². The number of amides is 2. The minimum Gasteiger partial charge on any atom is -0.480 e. The number of hydrogen-bond acceptors (Lipinski definition) is 4. The van der Waals surface area contributed by atoms with Gasteiger partial charge in [0.05, 0.1) is 5.33 Å². The summed E-state index contributed by atoms with van der Waals surface area (Å²) in [5.74, 6) is -1.22. The van der Waals surface area contributed by atoms with Crippen LogP contribution in [0.15, 0.2) is 0 Å². The van der Waals surface area contributed by atoms with Gasteiger partial charge >= 0.3 is 12.1 Å². The van der Waals surface area contributed by atoms with Crippen LogP contribution in [0.2, 0.25) is 0 Å². The Morgan fingerprint density at radius 3 is 2.33 bits per heavy atom. The fourth-order valence-corrected chi connectivity index (χ4v) is 1.65. The highest BCUT2D eigenvalue weighted by Crippen LogP contribution is 2.08. The zero-order valence-corrected chi connectivity index (χ0v) is 14.2. The Kier molecular flexibility index (Phi) is 9.00. The zero-order valence-electron chi connectivity index (χ0n) is 12.6. The summed E-state index contributed by atoms with van der Waals surface area (Å²) in [6.07, 6.45) is 0.731. The summed E-state index contributed by atoms with van der Waals surface area (Å²) in [5.41, 5.74) is -0.674. The highest BCUT2D eigenvalue weighted by molar-refractivity contribution is 9.09. The van der Waals surface area contributed by atoms with Crippen molar-refractivity contribution in [3.63, 3.8) is 0 Å². The number of rotatable bonds is 8. The molecule has 0 saturated carbocycles. The molecule has 0 heterocycles. The van der Waals surface area contributed by atoms with Gasteiger partial charge in [-0.3, -0.25) is 4.79 Å². The molecule has 0 aromatic carbocycles. The van der Waals surface area contributed by atoms with Crippen molar-refractivity contribution in [2.75, 3.05) is 11.9 Å². The molecule has 0 aliphatic heterocycles. The van der Waals surface area contributed by atoms with E-state index in [0.717, 1.165) is 0 Å². The molecule has 1 atom stereocenters. The van der Waals surface area contributed by atoms with Crippen LogP contribution < -0.4 is 10.6 Å². The van der Waals surface area contributed by atoms with Crippen LogP contribution in [0.25, 0.3) is 0 Å². The molecule has 0 aliphatic carbocycles. The predicted octanol–water partition coefficient (Wildman–Crippen LogP) is 1.65. The minimum atomic E-state index is -1.11. The number of alkyl halides is 1. The third-order valence-electron chi connectivity index (χ3n) is 2.35. The Morgan fingerprint density at radius 1 is 1.24 bits per heavy atom. The first-order chi connectivity index (χ1) is 9.65. The number of carbonyl (C=O) groups is 3. The van der Waals surface area contributed by atoms with Crippen molar-refractivity contribution in [1.29, 1.82) is 0 Å². The molecular formula is C13H23BrN2O5. The maximum absolute atomic E-state index is 11.5. The number of unbranched alkanes of at least 4 members (excludes halogenated alkanes) is 1. The molecular weight excluding hydrogens is 344 g/mol. The van der Waals surface area contributed by atoms with Crippen molar-refractivity contribution < 1.29 is 24.2 Å². The van der Waals surface area contributed by atoms with Crippen LogP contribution in [-0.2, 0) is 14.3 Å². The SMILES string of the molecule is CC(C)(C)OC(=O)N[C@@H](CCCCNC(=O)CBr)C(=O)O. The third-order valence-corrected chi connectivity index (χ3v) is 2.86. The number of halogens is 1. The van der Waals surface area contributed by atoms with Crippen molar-refractivity contribution >= 4 is 33.9 Å². The minimum absolute atomic E-state index is 0.114. The maximum Gasteiger partial charge on any atom is 0.408 e. The fraction of sp³-hybridized carbons (Fsp3) is 0.769. The zero-order chi connectivity index (χ0) is 16.5. The van der Waals surface area contributed by atoms with Crippen molar-refractivity contribution in [1.82, 2.24) is 10.6 Å². The van der Waals surface area contributed by atoms with Gasteiger partial charge in [0.15, 0.2) is 0 Å². The van der Waals surface area contributed by atoms with Gasteiger partial charge in [0.25, 0.3) is 0 Å². The Hall–Kier alpha value is -1.31. The van der Waals surface area contributed by atoms with Crippen LogP contribution in [0, 0.1) is 0 Å². The van der Waals surface area contributed by atoms with Crippen LogP contribution in [-0.4, -0.2) is 46.6 Å². The lowest BCUT2D eigenvalue weighted by Crippen LogP contribution is -2.43. The van der Waals surface area contributed by atoms with Crippen LogP contribution >= 0.6 is 15.9 Å². The first-order valence-corrected chi connectivity index (χ1v) is 7.83. The Balaban J connectivity index is 4.06. The molecule has 7 nitrogen and oxygen atoms in total. The van der Waals surface area contributed by atoms with Gasteiger partial charge in [-0.1, -0.05) is 15.9 Å². The molecule has 0 aromatic rings. The average molecular weight is 367 g/mol. The second-order valence-electron chi connectivity index (χ2n) is 5.52. The van der Waals surface area contributed by atoms with Gasteiger partial charge in [-0.25, -0.2) is 9.59 Å². The Labute approximate surface area is 132 Å². The quantitative estimate of drug-likeness (QED) is 0.447. The summed E-state index contributed by atoms with van der Waals surface area (Å²) in [5, 5.41) is 14.3. The van der Waals surface area contributed by atoms with Crippen LogP contribution in [0.3, 0.4) is 0 Å². The lowest BCUT2D eigenvalue weighted by Gasteiger charge is -2.22. The molecule has 21 heavy (non-hydrogen) atoms. The largest absolute Gasteiger partial charge is 0.480 e. The van der Waals surface area contributed by atoms with Crippen molar-refractivity contribution in [2.45, 2.75) is 51.7 Å². The molecule has 0 aromatic heterocycles. The smallest absolute Gasteiger partial charge is 0.408 e. The third kappa shape index (κ3) is 11.1. The highest BCUT2D eigenvalue weighted by atomic mass is 79.9. The lowest BCUT2D eigenvalue weighted by atomic mass is 10.1. The van der Waals surface area contributed by atoms with Gasteiger partial charge in [0.1, 0.15) is 11.6 Å². The monoisotopic (exact) mass is 366 g/mol. The number of carboxylic acid groups (broad SMARTS) is 1. The van der Waals surface area contributed by atoms with Gasteiger partial charge in [0.2, 0.25) is 5.91 Å². The second-order valence-corrected chi connectivity index (χ2v) is 6.08. The highest BCUT2D eigenvalue weighted by Gasteiger charge is 2.23. The van der Waals surface area contributed by atoms with E-state index in [-0.39, 0.29) is 17.7 Å². The van der Waals surface area contributed by atoms with Gasteiger partial charge in [-0.15, -0.1) is 0 Å². The normalized spacial score (nSPS) is 12.4. The number of aliphatic carboxylic acids is 1. The van der Waals surface area contributed by atoms with Crippen molar-refractivity contribution in [3.8, 4) is 0 Å². The maximum atomic E-state index is 11.5. The molecule has 0 unspecified atom stereocenters. The van der Waals surface area contributed by atoms with Crippen LogP contribution in [0.5, 0.6) is 0 Å². The first kappa shape index (κ1) is 19.7. The van der Waals surface area contributed by atoms with Crippen LogP contribution in [0.1, 0.15) is 40.0 Å². The van der Waals surface area contributed by atoms with Crippen molar-refractivity contribution in [2.24, 2.45) is 0 Å². The molecule has 122 valence electrons. The summed E-state index contributed by atoms with van der Waals surface area (Å²) >= 11 is 3.03. The molecule has 2 amide bonds. The summed E-state index contributed by atoms with van der Waals surface area (Å²) in [7, 11) is 0. The first-order valence-electron chi connectivity index (χ1n) is 6.70. The molecule has 0 radical (unpaired) electrons. The van der Waals surface area contributed by atoms with Gasteiger partial charge in [0, 0.05) is 6.54 Å². The molecule has 0 bridgehead atoms. The summed E-state index contributed by atoms with van der Waals surface area (Å²) in [6.45, 7) is 5.59. The number of nitrogens with one attached hydrogen (secondary N) is 2. The topological polar surface area (TPSA) is 105 Å². The van der Waals surface area contributed by atoms with Gasteiger partial charge in [-0.2, -0.15) is 0 Å². The summed E-state index contributed by atoms with van der Waals surface area (Å²) in [4.78, 5) is 33.6. The molecule has 0 aliphatic rings. The van der Waals surface area contributed by atoms with E-state index in [1.54, 1.807) is 20.8 Å². The van der Waals surface area contributed by atoms with E-state index in [1.807, 2.05) is 0 Å². The van der Waals surface area contributed by atoms with E-state index in [0.29, 0.717) is 19.4 Å². The Bertz CT molecular complexity index is 368. The number of carbonyl (C=O) groups excluding carboxylic acids is 2. The predicted molar refractivity (Wildman–Crippen MR) is 81.4 cm³/mol. The van der Waals surface area contributed by atoms with E-state index >= 15 is 0 Å². The molecule has 8 heteroatoms. The fourth-order valence-electron chi connectivity index (χ4n) is 1.46. The summed E-state index contributed by atoms with van der Waals surface area (Å²) in [6, 6.07) is -0.994. The lowest BCUT2D eigenvalue weighted by molar-refractivity contribution is -0.139. The standard InChI is InChI=1S/C13H23BrN2O5/c1-13(2,3)21-12(20)16-9(11(18)19)6-4-5-7-15-10(17)8-14/h9H,4-8H2,1-3H3,(H,15,17)(H,16,20)(H,18,19)/t9-/m0/s1. The Morgan fingerprint density at radius 2 is 1.86 bits per heavy atom. The summed E-state index contributed by atoms with van der Waals surface area (Å²) < 4.78 is 5.02. The molecule has 0 rings (SSSR count).